The molecule has 5 rings (SSSR count). The molecule has 3 fully saturated rings. The fourth-order valence-electron chi connectivity index (χ4n) is 5.13. The number of para-hydroxylation sites is 1. The predicted molar refractivity (Wildman–Crippen MR) is 105 cm³/mol. The van der Waals surface area contributed by atoms with Gasteiger partial charge >= 0.3 is 6.03 Å². The van der Waals surface area contributed by atoms with Crippen LogP contribution in [0.4, 0.5) is 4.79 Å². The van der Waals surface area contributed by atoms with Crippen LogP contribution < -0.4 is 5.32 Å². The van der Waals surface area contributed by atoms with Crippen LogP contribution in [0.5, 0.6) is 0 Å². The lowest BCUT2D eigenvalue weighted by Crippen LogP contribution is -2.73. The van der Waals surface area contributed by atoms with Crippen molar-refractivity contribution in [2.24, 2.45) is 5.41 Å². The number of amides is 2. The van der Waals surface area contributed by atoms with Crippen molar-refractivity contribution in [3.63, 3.8) is 0 Å². The van der Waals surface area contributed by atoms with Crippen LogP contribution >= 0.6 is 0 Å². The fraction of sp³-hybridized carbons (Fsp3) is 0.545. The van der Waals surface area contributed by atoms with Crippen molar-refractivity contribution < 1.29 is 9.53 Å². The highest BCUT2D eigenvalue weighted by Gasteiger charge is 2.60. The monoisotopic (exact) mass is 365 g/mol. The highest BCUT2D eigenvalue weighted by atomic mass is 16.5. The maximum Gasteiger partial charge on any atom is 0.317 e. The molecule has 0 radical (unpaired) electrons. The molecule has 1 saturated carbocycles. The highest BCUT2D eigenvalue weighted by Crippen LogP contribution is 2.55. The van der Waals surface area contributed by atoms with Crippen LogP contribution in [0.2, 0.25) is 0 Å². The molecule has 0 unspecified atom stereocenters. The van der Waals surface area contributed by atoms with Crippen molar-refractivity contribution in [3.05, 3.63) is 42.1 Å². The van der Waals surface area contributed by atoms with Gasteiger partial charge in [-0.25, -0.2) is 4.79 Å². The fourth-order valence-corrected chi connectivity index (χ4v) is 5.13. The molecule has 5 heteroatoms. The van der Waals surface area contributed by atoms with Crippen LogP contribution in [0.25, 0.3) is 10.9 Å². The Kier molecular flexibility index (Phi) is 4.27. The number of urea groups is 1. The van der Waals surface area contributed by atoms with E-state index in [0.717, 1.165) is 49.0 Å². The number of aromatic nitrogens is 1. The van der Waals surface area contributed by atoms with Gasteiger partial charge in [-0.3, -0.25) is 4.98 Å². The molecule has 1 N–H and O–H groups in total. The number of hydrogen-bond donors (Lipinski definition) is 1. The molecule has 2 amide bonds. The van der Waals surface area contributed by atoms with Gasteiger partial charge in [0, 0.05) is 42.6 Å². The zero-order valence-electron chi connectivity index (χ0n) is 15.7. The summed E-state index contributed by atoms with van der Waals surface area (Å²) in [6.07, 6.45) is 7.02. The molecule has 142 valence electrons. The Morgan fingerprint density at radius 3 is 2.89 bits per heavy atom. The number of rotatable bonds is 4. The van der Waals surface area contributed by atoms with E-state index in [1.165, 1.54) is 19.3 Å². The lowest BCUT2D eigenvalue weighted by molar-refractivity contribution is -0.147. The second-order valence-electron chi connectivity index (χ2n) is 8.32. The van der Waals surface area contributed by atoms with Gasteiger partial charge in [-0.1, -0.05) is 30.7 Å². The minimum absolute atomic E-state index is 0.0637. The largest absolute Gasteiger partial charge is 0.376 e. The van der Waals surface area contributed by atoms with E-state index < -0.39 is 0 Å². The molecule has 3 aliphatic rings. The number of carbonyl (C=O) groups is 1. The molecule has 1 aromatic carbocycles. The van der Waals surface area contributed by atoms with E-state index in [-0.39, 0.29) is 18.2 Å². The number of likely N-dealkylation sites (tertiary alicyclic amines) is 1. The van der Waals surface area contributed by atoms with Crippen LogP contribution in [0, 0.1) is 5.41 Å². The van der Waals surface area contributed by atoms with Crippen LogP contribution in [0.15, 0.2) is 36.4 Å². The summed E-state index contributed by atoms with van der Waals surface area (Å²) in [6.45, 7) is 2.36. The van der Waals surface area contributed by atoms with Crippen LogP contribution in [0.1, 0.15) is 37.8 Å². The Hall–Kier alpha value is -2.14. The Bertz CT molecular complexity index is 842. The number of nitrogens with one attached hydrogen (secondary N) is 1. The first-order valence-corrected chi connectivity index (χ1v) is 10.3. The van der Waals surface area contributed by atoms with Gasteiger partial charge in [0.05, 0.1) is 17.7 Å². The molecule has 27 heavy (non-hydrogen) atoms. The first-order chi connectivity index (χ1) is 13.3. The average Bonchev–Trinajstić information content (AvgIpc) is 3.13. The van der Waals surface area contributed by atoms with E-state index in [1.54, 1.807) is 0 Å². The van der Waals surface area contributed by atoms with Gasteiger partial charge in [0.25, 0.3) is 0 Å². The Morgan fingerprint density at radius 1 is 1.22 bits per heavy atom. The van der Waals surface area contributed by atoms with Crippen molar-refractivity contribution in [1.82, 2.24) is 15.2 Å². The molecule has 2 atom stereocenters. The maximum atomic E-state index is 12.8. The van der Waals surface area contributed by atoms with E-state index in [9.17, 15) is 4.79 Å². The molecule has 0 bridgehead atoms. The normalized spacial score (nSPS) is 26.0. The van der Waals surface area contributed by atoms with Crippen LogP contribution in [-0.2, 0) is 11.2 Å². The summed E-state index contributed by atoms with van der Waals surface area (Å²) in [5, 5.41) is 4.26. The quantitative estimate of drug-likeness (QED) is 0.902. The molecular weight excluding hydrogens is 338 g/mol. The third-order valence-electron chi connectivity index (χ3n) is 6.69. The van der Waals surface area contributed by atoms with Gasteiger partial charge in [-0.05, 0) is 37.8 Å². The zero-order chi connectivity index (χ0) is 18.3. The summed E-state index contributed by atoms with van der Waals surface area (Å²) in [4.78, 5) is 19.5. The average molecular weight is 365 g/mol. The third kappa shape index (κ3) is 2.98. The summed E-state index contributed by atoms with van der Waals surface area (Å²) in [5.74, 6) is 0. The van der Waals surface area contributed by atoms with Crippen molar-refractivity contribution in [3.8, 4) is 0 Å². The van der Waals surface area contributed by atoms with Gasteiger partial charge in [-0.2, -0.15) is 0 Å². The SMILES string of the molecule is O=C(NCCc1ccc2ccccc2n1)N1CC2(CCC2)[C@H]1[C@H]1CCCO1. The summed E-state index contributed by atoms with van der Waals surface area (Å²) < 4.78 is 5.95. The Balaban J connectivity index is 1.19. The molecule has 3 heterocycles. The number of fused-ring (bicyclic) bond motifs is 1. The van der Waals surface area contributed by atoms with Crippen LogP contribution in [0.3, 0.4) is 0 Å². The molecule has 5 nitrogen and oxygen atoms in total. The lowest BCUT2D eigenvalue weighted by atomic mass is 9.56. The molecule has 2 saturated heterocycles. The van der Waals surface area contributed by atoms with Crippen molar-refractivity contribution in [2.75, 3.05) is 19.7 Å². The van der Waals surface area contributed by atoms with Crippen molar-refractivity contribution in [1.29, 1.82) is 0 Å². The van der Waals surface area contributed by atoms with Crippen molar-refractivity contribution >= 4 is 16.9 Å². The summed E-state index contributed by atoms with van der Waals surface area (Å²) in [6, 6.07) is 12.6. The first kappa shape index (κ1) is 17.0. The Labute approximate surface area is 160 Å². The highest BCUT2D eigenvalue weighted by molar-refractivity contribution is 5.78. The number of carbonyl (C=O) groups excluding carboxylic acids is 1. The smallest absolute Gasteiger partial charge is 0.317 e. The minimum atomic E-state index is 0.0637. The molecule has 1 aliphatic carbocycles. The van der Waals surface area contributed by atoms with Crippen molar-refractivity contribution in [2.45, 2.75) is 50.7 Å². The van der Waals surface area contributed by atoms with Gasteiger partial charge in [-0.15, -0.1) is 0 Å². The summed E-state index contributed by atoms with van der Waals surface area (Å²) in [5.41, 5.74) is 2.38. The molecule has 2 aliphatic heterocycles. The molecule has 1 aromatic heterocycles. The predicted octanol–water partition coefficient (Wildman–Crippen LogP) is 3.52. The van der Waals surface area contributed by atoms with E-state index in [4.69, 9.17) is 4.74 Å². The van der Waals surface area contributed by atoms with E-state index in [0.29, 0.717) is 12.0 Å². The number of pyridine rings is 1. The number of ether oxygens (including phenoxy) is 1. The van der Waals surface area contributed by atoms with E-state index in [2.05, 4.69) is 28.5 Å². The van der Waals surface area contributed by atoms with E-state index in [1.807, 2.05) is 23.1 Å². The maximum absolute atomic E-state index is 12.8. The molecular formula is C22H27N3O2. The standard InChI is InChI=1S/C22H27N3O2/c26-21(23-13-10-17-9-8-16-5-1-2-6-18(16)24-17)25-15-22(11-4-12-22)20(25)19-7-3-14-27-19/h1-2,5-6,8-9,19-20H,3-4,7,10-15H2,(H,23,26)/t19-,20-/m1/s1. The van der Waals surface area contributed by atoms with Gasteiger partial charge in [0.1, 0.15) is 0 Å². The summed E-state index contributed by atoms with van der Waals surface area (Å²) in [7, 11) is 0. The topological polar surface area (TPSA) is 54.5 Å². The number of nitrogens with zero attached hydrogens (tertiary/aromatic N) is 2. The zero-order valence-corrected chi connectivity index (χ0v) is 15.7. The number of hydrogen-bond acceptors (Lipinski definition) is 3. The molecule has 2 aromatic rings. The second-order valence-corrected chi connectivity index (χ2v) is 8.32. The van der Waals surface area contributed by atoms with Gasteiger partial charge in [0.2, 0.25) is 0 Å². The minimum Gasteiger partial charge on any atom is -0.376 e. The Morgan fingerprint density at radius 2 is 2.11 bits per heavy atom. The second kappa shape index (κ2) is 6.79. The first-order valence-electron chi connectivity index (χ1n) is 10.3. The third-order valence-corrected chi connectivity index (χ3v) is 6.69. The van der Waals surface area contributed by atoms with E-state index >= 15 is 0 Å². The van der Waals surface area contributed by atoms with Crippen LogP contribution in [-0.4, -0.2) is 47.8 Å². The lowest BCUT2D eigenvalue weighted by Gasteiger charge is -2.63. The molecule has 1 spiro atoms. The number of benzene rings is 1. The summed E-state index contributed by atoms with van der Waals surface area (Å²) >= 11 is 0. The van der Waals surface area contributed by atoms with Gasteiger partial charge < -0.3 is 15.0 Å². The van der Waals surface area contributed by atoms with Gasteiger partial charge in [0.15, 0.2) is 0 Å².